The normalized spacial score (nSPS) is 21.6. The third-order valence-electron chi connectivity index (χ3n) is 4.30. The Morgan fingerprint density at radius 2 is 2.14 bits per heavy atom. The summed E-state index contributed by atoms with van der Waals surface area (Å²) in [5, 5.41) is 4.21. The SMILES string of the molecule is O=C1CC(Nc2ccc3c(Cl)ccnc3c2F)CN1C1CC1. The van der Waals surface area contributed by atoms with Gasteiger partial charge in [-0.3, -0.25) is 9.78 Å². The molecule has 2 fully saturated rings. The standard InChI is InChI=1S/C16H15ClFN3O/c17-12-5-6-19-16-11(12)3-4-13(15(16)18)20-9-7-14(22)21(8-9)10-1-2-10/h3-6,9-10,20H,1-2,7-8H2. The van der Waals surface area contributed by atoms with Gasteiger partial charge in [-0.2, -0.15) is 0 Å². The topological polar surface area (TPSA) is 45.2 Å². The van der Waals surface area contributed by atoms with Gasteiger partial charge in [-0.15, -0.1) is 0 Å². The summed E-state index contributed by atoms with van der Waals surface area (Å²) in [4.78, 5) is 17.9. The Labute approximate surface area is 132 Å². The summed E-state index contributed by atoms with van der Waals surface area (Å²) in [5.74, 6) is -0.264. The second kappa shape index (κ2) is 5.09. The number of hydrogen-bond donors (Lipinski definition) is 1. The Morgan fingerprint density at radius 3 is 2.91 bits per heavy atom. The molecule has 1 unspecified atom stereocenters. The summed E-state index contributed by atoms with van der Waals surface area (Å²) in [6.45, 7) is 0.643. The average Bonchev–Trinajstić information content (AvgIpc) is 3.27. The van der Waals surface area contributed by atoms with Gasteiger partial charge in [-0.05, 0) is 31.0 Å². The number of likely N-dealkylation sites (tertiary alicyclic amines) is 1. The molecule has 1 amide bonds. The van der Waals surface area contributed by atoms with Crippen LogP contribution in [0, 0.1) is 5.82 Å². The van der Waals surface area contributed by atoms with E-state index < -0.39 is 5.82 Å². The van der Waals surface area contributed by atoms with E-state index in [1.807, 2.05) is 4.90 Å². The van der Waals surface area contributed by atoms with Gasteiger partial charge in [0.1, 0.15) is 5.52 Å². The molecule has 6 heteroatoms. The number of carbonyl (C=O) groups is 1. The van der Waals surface area contributed by atoms with Crippen LogP contribution in [0.5, 0.6) is 0 Å². The highest BCUT2D eigenvalue weighted by molar-refractivity contribution is 6.35. The van der Waals surface area contributed by atoms with Crippen molar-refractivity contribution in [2.75, 3.05) is 11.9 Å². The minimum absolute atomic E-state index is 0.0563. The van der Waals surface area contributed by atoms with Gasteiger partial charge in [0, 0.05) is 30.6 Å². The van der Waals surface area contributed by atoms with E-state index in [9.17, 15) is 9.18 Å². The van der Waals surface area contributed by atoms with E-state index in [0.29, 0.717) is 35.1 Å². The van der Waals surface area contributed by atoms with Gasteiger partial charge in [0.2, 0.25) is 5.91 Å². The van der Waals surface area contributed by atoms with Gasteiger partial charge in [-0.25, -0.2) is 4.39 Å². The van der Waals surface area contributed by atoms with E-state index in [-0.39, 0.29) is 17.5 Å². The molecule has 1 aliphatic carbocycles. The number of pyridine rings is 1. The lowest BCUT2D eigenvalue weighted by molar-refractivity contribution is -0.128. The fourth-order valence-electron chi connectivity index (χ4n) is 3.05. The van der Waals surface area contributed by atoms with Crippen molar-refractivity contribution in [3.8, 4) is 0 Å². The largest absolute Gasteiger partial charge is 0.378 e. The highest BCUT2D eigenvalue weighted by atomic mass is 35.5. The van der Waals surface area contributed by atoms with Crippen molar-refractivity contribution in [2.24, 2.45) is 0 Å². The molecule has 4 rings (SSSR count). The van der Waals surface area contributed by atoms with E-state index in [1.165, 1.54) is 6.20 Å². The van der Waals surface area contributed by atoms with Gasteiger partial charge in [0.15, 0.2) is 5.82 Å². The number of anilines is 1. The van der Waals surface area contributed by atoms with Gasteiger partial charge < -0.3 is 10.2 Å². The molecule has 2 aromatic rings. The number of nitrogens with one attached hydrogen (secondary N) is 1. The fraction of sp³-hybridized carbons (Fsp3) is 0.375. The van der Waals surface area contributed by atoms with E-state index in [2.05, 4.69) is 10.3 Å². The summed E-state index contributed by atoms with van der Waals surface area (Å²) in [6, 6.07) is 5.40. The van der Waals surface area contributed by atoms with Crippen LogP contribution in [0.4, 0.5) is 10.1 Å². The minimum Gasteiger partial charge on any atom is -0.378 e. The van der Waals surface area contributed by atoms with Crippen molar-refractivity contribution < 1.29 is 9.18 Å². The van der Waals surface area contributed by atoms with Crippen molar-refractivity contribution in [3.63, 3.8) is 0 Å². The molecular weight excluding hydrogens is 305 g/mol. The molecule has 1 aromatic heterocycles. The van der Waals surface area contributed by atoms with Crippen LogP contribution >= 0.6 is 11.6 Å². The lowest BCUT2D eigenvalue weighted by Gasteiger charge is -2.17. The molecule has 22 heavy (non-hydrogen) atoms. The Morgan fingerprint density at radius 1 is 1.32 bits per heavy atom. The van der Waals surface area contributed by atoms with E-state index in [4.69, 9.17) is 11.6 Å². The van der Waals surface area contributed by atoms with Crippen LogP contribution in [-0.4, -0.2) is 34.4 Å². The highest BCUT2D eigenvalue weighted by Gasteiger charge is 2.39. The second-order valence-corrected chi connectivity index (χ2v) is 6.35. The zero-order valence-electron chi connectivity index (χ0n) is 11.9. The quantitative estimate of drug-likeness (QED) is 0.945. The van der Waals surface area contributed by atoms with Gasteiger partial charge in [0.05, 0.1) is 16.8 Å². The molecule has 1 atom stereocenters. The Hall–Kier alpha value is -1.88. The molecule has 0 bridgehead atoms. The zero-order chi connectivity index (χ0) is 15.3. The maximum atomic E-state index is 14.6. The van der Waals surface area contributed by atoms with Crippen LogP contribution in [0.3, 0.4) is 0 Å². The smallest absolute Gasteiger partial charge is 0.225 e. The molecule has 1 aliphatic heterocycles. The zero-order valence-corrected chi connectivity index (χ0v) is 12.6. The van der Waals surface area contributed by atoms with Gasteiger partial charge in [0.25, 0.3) is 0 Å². The molecule has 1 N–H and O–H groups in total. The molecule has 114 valence electrons. The molecule has 1 saturated heterocycles. The van der Waals surface area contributed by atoms with Crippen molar-refractivity contribution in [2.45, 2.75) is 31.3 Å². The lowest BCUT2D eigenvalue weighted by atomic mass is 10.1. The molecule has 0 spiro atoms. The predicted octanol–water partition coefficient (Wildman–Crippen LogP) is 3.20. The number of fused-ring (bicyclic) bond motifs is 1. The Bertz CT molecular complexity index is 762. The van der Waals surface area contributed by atoms with Crippen molar-refractivity contribution >= 4 is 34.1 Å². The molecule has 0 radical (unpaired) electrons. The first-order valence-electron chi connectivity index (χ1n) is 7.42. The fourth-order valence-corrected chi connectivity index (χ4v) is 3.26. The van der Waals surface area contributed by atoms with Crippen LogP contribution in [0.25, 0.3) is 10.9 Å². The number of benzene rings is 1. The third-order valence-corrected chi connectivity index (χ3v) is 4.63. The van der Waals surface area contributed by atoms with Crippen molar-refractivity contribution in [1.82, 2.24) is 9.88 Å². The number of halogens is 2. The summed E-state index contributed by atoms with van der Waals surface area (Å²) in [5.41, 5.74) is 0.624. The summed E-state index contributed by atoms with van der Waals surface area (Å²) < 4.78 is 14.6. The minimum atomic E-state index is -0.419. The molecule has 2 aliphatic rings. The molecular formula is C16H15ClFN3O. The summed E-state index contributed by atoms with van der Waals surface area (Å²) in [7, 11) is 0. The van der Waals surface area contributed by atoms with Gasteiger partial charge in [-0.1, -0.05) is 11.6 Å². The van der Waals surface area contributed by atoms with Gasteiger partial charge >= 0.3 is 0 Å². The van der Waals surface area contributed by atoms with Crippen LogP contribution in [0.15, 0.2) is 24.4 Å². The maximum Gasteiger partial charge on any atom is 0.225 e. The van der Waals surface area contributed by atoms with Crippen LogP contribution < -0.4 is 5.32 Å². The number of amides is 1. The lowest BCUT2D eigenvalue weighted by Crippen LogP contribution is -2.29. The van der Waals surface area contributed by atoms with E-state index in [0.717, 1.165) is 12.8 Å². The van der Waals surface area contributed by atoms with Crippen molar-refractivity contribution in [3.05, 3.63) is 35.2 Å². The van der Waals surface area contributed by atoms with E-state index in [1.54, 1.807) is 18.2 Å². The first-order valence-corrected chi connectivity index (χ1v) is 7.80. The maximum absolute atomic E-state index is 14.6. The Balaban J connectivity index is 1.59. The highest BCUT2D eigenvalue weighted by Crippen LogP contribution is 2.33. The summed E-state index contributed by atoms with van der Waals surface area (Å²) >= 11 is 6.05. The first-order chi connectivity index (χ1) is 10.6. The third kappa shape index (κ3) is 2.29. The molecule has 1 aromatic carbocycles. The number of rotatable bonds is 3. The summed E-state index contributed by atoms with van der Waals surface area (Å²) in [6.07, 6.45) is 4.08. The van der Waals surface area contributed by atoms with E-state index >= 15 is 0 Å². The number of hydrogen-bond acceptors (Lipinski definition) is 3. The molecule has 4 nitrogen and oxygen atoms in total. The first kappa shape index (κ1) is 13.8. The number of carbonyl (C=O) groups excluding carboxylic acids is 1. The number of aromatic nitrogens is 1. The van der Waals surface area contributed by atoms with Crippen molar-refractivity contribution in [1.29, 1.82) is 0 Å². The number of nitrogens with zero attached hydrogens (tertiary/aromatic N) is 2. The van der Waals surface area contributed by atoms with Crippen LogP contribution in [-0.2, 0) is 4.79 Å². The second-order valence-electron chi connectivity index (χ2n) is 5.94. The van der Waals surface area contributed by atoms with Crippen LogP contribution in [0.1, 0.15) is 19.3 Å². The Kier molecular flexibility index (Phi) is 3.18. The monoisotopic (exact) mass is 319 g/mol. The average molecular weight is 320 g/mol. The van der Waals surface area contributed by atoms with Crippen LogP contribution in [0.2, 0.25) is 5.02 Å². The molecule has 2 heterocycles. The molecule has 1 saturated carbocycles. The predicted molar refractivity (Wildman–Crippen MR) is 83.5 cm³/mol.